The van der Waals surface area contributed by atoms with Crippen LogP contribution in [0.15, 0.2) is 24.3 Å². The highest BCUT2D eigenvalue weighted by molar-refractivity contribution is 6.58. The molecule has 1 aromatic rings. The Balaban J connectivity index is 0.000000325. The highest BCUT2D eigenvalue weighted by atomic mass is 16.4. The van der Waals surface area contributed by atoms with E-state index in [2.05, 4.69) is 0 Å². The molecule has 0 saturated carbocycles. The van der Waals surface area contributed by atoms with E-state index in [-0.39, 0.29) is 6.61 Å². The number of aliphatic hydroxyl groups is 2. The van der Waals surface area contributed by atoms with Gasteiger partial charge in [0.2, 0.25) is 0 Å². The van der Waals surface area contributed by atoms with Crippen LogP contribution in [-0.2, 0) is 0 Å². The lowest BCUT2D eigenvalue weighted by Crippen LogP contribution is -2.29. The SMILES string of the molecule is CCC(O)CO.Cc1ccc(B(O)O)cc1. The summed E-state index contributed by atoms with van der Waals surface area (Å²) in [5.41, 5.74) is 1.65. The van der Waals surface area contributed by atoms with E-state index < -0.39 is 13.2 Å². The summed E-state index contributed by atoms with van der Waals surface area (Å²) >= 11 is 0. The summed E-state index contributed by atoms with van der Waals surface area (Å²) < 4.78 is 0. The van der Waals surface area contributed by atoms with Crippen molar-refractivity contribution >= 4 is 12.6 Å². The molecule has 0 aliphatic heterocycles. The molecule has 0 fully saturated rings. The maximum atomic E-state index is 8.67. The van der Waals surface area contributed by atoms with Crippen LogP contribution in [0.3, 0.4) is 0 Å². The number of hydrogen-bond donors (Lipinski definition) is 4. The topological polar surface area (TPSA) is 80.9 Å². The minimum atomic E-state index is -1.35. The zero-order valence-corrected chi connectivity index (χ0v) is 9.67. The van der Waals surface area contributed by atoms with Gasteiger partial charge in [0.15, 0.2) is 0 Å². The fourth-order valence-electron chi connectivity index (χ4n) is 0.868. The molecule has 0 aromatic heterocycles. The molecule has 0 heterocycles. The van der Waals surface area contributed by atoms with Gasteiger partial charge >= 0.3 is 7.12 Å². The molecule has 90 valence electrons. The van der Waals surface area contributed by atoms with Crippen LogP contribution in [0.25, 0.3) is 0 Å². The van der Waals surface area contributed by atoms with Crippen molar-refractivity contribution in [1.82, 2.24) is 0 Å². The highest BCUT2D eigenvalue weighted by Crippen LogP contribution is 1.92. The molecule has 4 nitrogen and oxygen atoms in total. The van der Waals surface area contributed by atoms with Crippen LogP contribution in [-0.4, -0.2) is 40.1 Å². The third-order valence-electron chi connectivity index (χ3n) is 2.06. The molecule has 16 heavy (non-hydrogen) atoms. The van der Waals surface area contributed by atoms with Crippen LogP contribution in [0.4, 0.5) is 0 Å². The van der Waals surface area contributed by atoms with E-state index in [0.717, 1.165) is 5.56 Å². The van der Waals surface area contributed by atoms with E-state index >= 15 is 0 Å². The Morgan fingerprint density at radius 1 is 1.19 bits per heavy atom. The molecule has 1 aromatic carbocycles. The number of hydrogen-bond acceptors (Lipinski definition) is 4. The highest BCUT2D eigenvalue weighted by Gasteiger charge is 2.08. The summed E-state index contributed by atoms with van der Waals surface area (Å²) in [6.45, 7) is 3.66. The molecule has 1 rings (SSSR count). The Morgan fingerprint density at radius 2 is 1.69 bits per heavy atom. The van der Waals surface area contributed by atoms with E-state index in [1.54, 1.807) is 12.1 Å². The lowest BCUT2D eigenvalue weighted by molar-refractivity contribution is 0.0923. The van der Waals surface area contributed by atoms with Gasteiger partial charge in [0.05, 0.1) is 12.7 Å². The molecule has 5 heteroatoms. The van der Waals surface area contributed by atoms with Crippen molar-refractivity contribution in [2.24, 2.45) is 0 Å². The predicted octanol–water partition coefficient (Wildman–Crippen LogP) is -0.576. The second kappa shape index (κ2) is 8.30. The Kier molecular flexibility index (Phi) is 7.84. The van der Waals surface area contributed by atoms with Gasteiger partial charge in [-0.1, -0.05) is 36.8 Å². The third-order valence-corrected chi connectivity index (χ3v) is 2.06. The van der Waals surface area contributed by atoms with Crippen molar-refractivity contribution in [3.05, 3.63) is 29.8 Å². The molecule has 4 N–H and O–H groups in total. The molecular formula is C11H19BO4. The fraction of sp³-hybridized carbons (Fsp3) is 0.455. The largest absolute Gasteiger partial charge is 0.488 e. The summed E-state index contributed by atoms with van der Waals surface area (Å²) in [4.78, 5) is 0. The van der Waals surface area contributed by atoms with E-state index in [1.165, 1.54) is 0 Å². The van der Waals surface area contributed by atoms with E-state index in [9.17, 15) is 0 Å². The van der Waals surface area contributed by atoms with Crippen molar-refractivity contribution in [2.45, 2.75) is 26.4 Å². The summed E-state index contributed by atoms with van der Waals surface area (Å²) in [6, 6.07) is 7.07. The molecular weight excluding hydrogens is 207 g/mol. The van der Waals surface area contributed by atoms with Crippen molar-refractivity contribution in [3.8, 4) is 0 Å². The Bertz CT molecular complexity index is 270. The first-order valence-electron chi connectivity index (χ1n) is 5.22. The summed E-state index contributed by atoms with van der Waals surface area (Å²) in [7, 11) is -1.35. The minimum Gasteiger partial charge on any atom is -0.423 e. The second-order valence-corrected chi connectivity index (χ2v) is 3.53. The Hall–Kier alpha value is -0.875. The number of aryl methyl sites for hydroxylation is 1. The smallest absolute Gasteiger partial charge is 0.423 e. The maximum absolute atomic E-state index is 8.67. The fourth-order valence-corrected chi connectivity index (χ4v) is 0.868. The Morgan fingerprint density at radius 3 is 1.94 bits per heavy atom. The van der Waals surface area contributed by atoms with Crippen LogP contribution in [0, 0.1) is 6.92 Å². The van der Waals surface area contributed by atoms with Crippen molar-refractivity contribution in [3.63, 3.8) is 0 Å². The zero-order valence-electron chi connectivity index (χ0n) is 9.67. The molecule has 0 saturated heterocycles. The van der Waals surface area contributed by atoms with Gasteiger partial charge in [0.1, 0.15) is 0 Å². The van der Waals surface area contributed by atoms with E-state index in [4.69, 9.17) is 20.3 Å². The van der Waals surface area contributed by atoms with Gasteiger partial charge < -0.3 is 20.3 Å². The van der Waals surface area contributed by atoms with Gasteiger partial charge in [0, 0.05) is 0 Å². The van der Waals surface area contributed by atoms with E-state index in [1.807, 2.05) is 26.0 Å². The first-order valence-corrected chi connectivity index (χ1v) is 5.22. The van der Waals surface area contributed by atoms with Crippen molar-refractivity contribution < 1.29 is 20.3 Å². The monoisotopic (exact) mass is 226 g/mol. The maximum Gasteiger partial charge on any atom is 0.488 e. The zero-order chi connectivity index (χ0) is 12.6. The van der Waals surface area contributed by atoms with Gasteiger partial charge in [-0.25, -0.2) is 0 Å². The molecule has 1 atom stereocenters. The standard InChI is InChI=1S/C7H9BO2.C4H10O2/c1-6-2-4-7(5-3-6)8(9)10;1-2-4(6)3-5/h2-5,9-10H,1H3;4-6H,2-3H2,1H3. The summed E-state index contributed by atoms with van der Waals surface area (Å²) in [5.74, 6) is 0. The van der Waals surface area contributed by atoms with Gasteiger partial charge in [-0.2, -0.15) is 0 Å². The first-order chi connectivity index (χ1) is 7.51. The van der Waals surface area contributed by atoms with Gasteiger partial charge in [0.25, 0.3) is 0 Å². The molecule has 0 bridgehead atoms. The second-order valence-electron chi connectivity index (χ2n) is 3.53. The van der Waals surface area contributed by atoms with Gasteiger partial charge in [-0.05, 0) is 18.8 Å². The van der Waals surface area contributed by atoms with E-state index in [0.29, 0.717) is 11.9 Å². The lowest BCUT2D eigenvalue weighted by Gasteiger charge is -1.97. The molecule has 0 spiro atoms. The van der Waals surface area contributed by atoms with Crippen LogP contribution in [0.1, 0.15) is 18.9 Å². The van der Waals surface area contributed by atoms with Gasteiger partial charge in [-0.15, -0.1) is 0 Å². The first kappa shape index (κ1) is 15.1. The number of rotatable bonds is 3. The third kappa shape index (κ3) is 6.58. The Labute approximate surface area is 96.3 Å². The predicted molar refractivity (Wildman–Crippen MR) is 64.4 cm³/mol. The lowest BCUT2D eigenvalue weighted by atomic mass is 9.80. The number of aliphatic hydroxyl groups excluding tert-OH is 2. The normalized spacial score (nSPS) is 11.4. The van der Waals surface area contributed by atoms with Crippen molar-refractivity contribution in [1.29, 1.82) is 0 Å². The quantitative estimate of drug-likeness (QED) is 0.520. The van der Waals surface area contributed by atoms with Crippen LogP contribution >= 0.6 is 0 Å². The van der Waals surface area contributed by atoms with Gasteiger partial charge in [-0.3, -0.25) is 0 Å². The van der Waals surface area contributed by atoms with Crippen LogP contribution < -0.4 is 5.46 Å². The average molecular weight is 226 g/mol. The average Bonchev–Trinajstić information content (AvgIpc) is 2.29. The van der Waals surface area contributed by atoms with Crippen LogP contribution in [0.2, 0.25) is 0 Å². The molecule has 0 amide bonds. The number of benzene rings is 1. The summed E-state index contributed by atoms with van der Waals surface area (Å²) in [5, 5.41) is 33.8. The van der Waals surface area contributed by atoms with Crippen molar-refractivity contribution in [2.75, 3.05) is 6.61 Å². The molecule has 1 unspecified atom stereocenters. The minimum absolute atomic E-state index is 0.115. The molecule has 0 aliphatic rings. The molecule has 0 aliphatic carbocycles. The summed E-state index contributed by atoms with van der Waals surface area (Å²) in [6.07, 6.45) is 0.126. The molecule has 0 radical (unpaired) electrons. The van der Waals surface area contributed by atoms with Crippen LogP contribution in [0.5, 0.6) is 0 Å².